The van der Waals surface area contributed by atoms with E-state index in [1.165, 1.54) is 12.1 Å². The molecule has 6 rings (SSSR count). The highest BCUT2D eigenvalue weighted by Crippen LogP contribution is 2.50. The summed E-state index contributed by atoms with van der Waals surface area (Å²) in [6.45, 7) is 10.6. The van der Waals surface area contributed by atoms with E-state index in [4.69, 9.17) is 23.3 Å². The number of nitrogens with zero attached hydrogens (tertiary/aromatic N) is 6. The maximum Gasteiger partial charge on any atom is 0.259 e. The summed E-state index contributed by atoms with van der Waals surface area (Å²) in [5, 5.41) is 17.9. The number of sulfonamides is 1. The smallest absolute Gasteiger partial charge is 0.259 e. The van der Waals surface area contributed by atoms with Crippen molar-refractivity contribution in [1.29, 1.82) is 5.26 Å². The minimum absolute atomic E-state index is 0.0619. The number of benzene rings is 5. The molecule has 0 radical (unpaired) electrons. The van der Waals surface area contributed by atoms with Crippen LogP contribution in [0.1, 0.15) is 89.3 Å². The quantitative estimate of drug-likeness (QED) is 0.0219. The average Bonchev–Trinajstić information content (AvgIpc) is 3.41. The van der Waals surface area contributed by atoms with E-state index in [0.717, 1.165) is 33.9 Å². The molecule has 396 valence electrons. The van der Waals surface area contributed by atoms with Crippen molar-refractivity contribution in [3.8, 4) is 17.6 Å². The highest BCUT2D eigenvalue weighted by Gasteiger charge is 2.44. The maximum atomic E-state index is 13.9. The molecular formula is C57H74N7O8PS. The number of ether oxygens (including phenoxy) is 3. The molecule has 1 N–H and O–H groups in total. The summed E-state index contributed by atoms with van der Waals surface area (Å²) >= 11 is 0. The van der Waals surface area contributed by atoms with Gasteiger partial charge in [-0.25, -0.2) is 17.8 Å². The number of hydrogen-bond acceptors (Lipinski definition) is 13. The van der Waals surface area contributed by atoms with Gasteiger partial charge in [0.15, 0.2) is 0 Å². The van der Waals surface area contributed by atoms with E-state index in [-0.39, 0.29) is 49.1 Å². The van der Waals surface area contributed by atoms with E-state index < -0.39 is 29.6 Å². The van der Waals surface area contributed by atoms with E-state index in [9.17, 15) is 18.5 Å². The lowest BCUT2D eigenvalue weighted by Crippen LogP contribution is -2.48. The Bertz CT molecular complexity index is 2620. The fourth-order valence-electron chi connectivity index (χ4n) is 9.05. The maximum absolute atomic E-state index is 13.9. The predicted molar refractivity (Wildman–Crippen MR) is 293 cm³/mol. The average molecular weight is 1050 g/mol. The highest BCUT2D eigenvalue weighted by atomic mass is 32.2. The van der Waals surface area contributed by atoms with Crippen molar-refractivity contribution in [2.24, 2.45) is 15.6 Å². The fourth-order valence-corrected chi connectivity index (χ4v) is 11.9. The van der Waals surface area contributed by atoms with Gasteiger partial charge in [0.25, 0.3) is 8.53 Å². The van der Waals surface area contributed by atoms with Gasteiger partial charge < -0.3 is 33.1 Å². The summed E-state index contributed by atoms with van der Waals surface area (Å²) in [6, 6.07) is 42.5. The predicted octanol–water partition coefficient (Wildman–Crippen LogP) is 11.9. The van der Waals surface area contributed by atoms with Gasteiger partial charge >= 0.3 is 0 Å². The molecule has 5 aromatic rings. The molecule has 17 heteroatoms. The third kappa shape index (κ3) is 15.4. The third-order valence-electron chi connectivity index (χ3n) is 13.2. The van der Waals surface area contributed by atoms with Crippen LogP contribution in [0.5, 0.6) is 11.5 Å². The third-order valence-corrected chi connectivity index (χ3v) is 16.8. The van der Waals surface area contributed by atoms with Crippen LogP contribution in [0, 0.1) is 16.7 Å². The molecular weight excluding hydrogens is 974 g/mol. The molecule has 1 heterocycles. The first kappa shape index (κ1) is 57.5. The second kappa shape index (κ2) is 27.7. The molecule has 1 unspecified atom stereocenters. The van der Waals surface area contributed by atoms with Gasteiger partial charge in [0.05, 0.1) is 62.8 Å². The zero-order valence-electron chi connectivity index (χ0n) is 44.3. The number of carbonyl (C=O) groups is 1. The van der Waals surface area contributed by atoms with Crippen molar-refractivity contribution >= 4 is 41.5 Å². The Morgan fingerprint density at radius 2 is 1.28 bits per heavy atom. The Labute approximate surface area is 440 Å². The van der Waals surface area contributed by atoms with Crippen molar-refractivity contribution in [1.82, 2.24) is 14.3 Å². The molecule has 0 aliphatic carbocycles. The van der Waals surface area contributed by atoms with E-state index in [1.807, 2.05) is 115 Å². The second-order valence-corrected chi connectivity index (χ2v) is 22.5. The van der Waals surface area contributed by atoms with Gasteiger partial charge in [-0.2, -0.15) is 15.5 Å². The zero-order chi connectivity index (χ0) is 53.1. The van der Waals surface area contributed by atoms with Crippen LogP contribution in [0.2, 0.25) is 0 Å². The standard InChI is InChI=1S/C57H74N7O8PS/c1-44(2)64(45(3)4)73(71-41-15-37-58)72-43-56(42-70-57(46-16-11-9-12-17-46,47-19-29-52(68-7)30-20-47)48-21-31-53(69-8)32-22-48)35-39-63(40-36-56)55(65)18-13-10-14-38-59-74(66,67)54-33-25-50(26-34-54)61-60-49-23-27-51(28-24-49)62(5)6/h9,11-12,16-17,19-34,44-45,59H,10,13-15,18,35-36,38-43H2,1-8H3/b61-60+. The number of nitrogens with one attached hydrogen (secondary N) is 1. The summed E-state index contributed by atoms with van der Waals surface area (Å²) < 4.78 is 63.2. The molecule has 0 saturated carbocycles. The molecule has 1 fully saturated rings. The van der Waals surface area contributed by atoms with Crippen LogP contribution < -0.4 is 19.1 Å². The van der Waals surface area contributed by atoms with Crippen LogP contribution in [0.4, 0.5) is 17.1 Å². The first-order valence-corrected chi connectivity index (χ1v) is 28.0. The van der Waals surface area contributed by atoms with Crippen molar-refractivity contribution in [3.63, 3.8) is 0 Å². The summed E-state index contributed by atoms with van der Waals surface area (Å²) in [5.41, 5.74) is 3.44. The van der Waals surface area contributed by atoms with Crippen molar-refractivity contribution in [2.75, 3.05) is 72.7 Å². The van der Waals surface area contributed by atoms with Crippen molar-refractivity contribution in [3.05, 3.63) is 144 Å². The Kier molecular flexibility index (Phi) is 21.5. The molecule has 1 amide bonds. The van der Waals surface area contributed by atoms with Crippen LogP contribution in [-0.4, -0.2) is 104 Å². The van der Waals surface area contributed by atoms with E-state index in [1.54, 1.807) is 26.4 Å². The second-order valence-electron chi connectivity index (χ2n) is 19.3. The molecule has 1 atom stereocenters. The topological polar surface area (TPSA) is 168 Å². The molecule has 1 aliphatic heterocycles. The van der Waals surface area contributed by atoms with Gasteiger partial charge in [0.1, 0.15) is 17.1 Å². The number of likely N-dealkylation sites (tertiary alicyclic amines) is 1. The summed E-state index contributed by atoms with van der Waals surface area (Å²) in [7, 11) is 1.94. The number of azo groups is 1. The number of unbranched alkanes of at least 4 members (excludes halogenated alkanes) is 2. The van der Waals surface area contributed by atoms with Gasteiger partial charge in [0, 0.05) is 63.3 Å². The minimum Gasteiger partial charge on any atom is -0.497 e. The SMILES string of the molecule is COc1ccc(C(OCC2(COP(OCCC#N)N(C(C)C)C(C)C)CCN(C(=O)CCCCCNS(=O)(=O)c3ccc(/N=N/c4ccc(N(C)C)cc4)cc3)CC2)(c2ccccc2)c2ccc(OC)cc2)cc1. The molecule has 1 saturated heterocycles. The highest BCUT2D eigenvalue weighted by molar-refractivity contribution is 7.89. The van der Waals surface area contributed by atoms with Crippen LogP contribution in [0.3, 0.4) is 0 Å². The molecule has 15 nitrogen and oxygen atoms in total. The van der Waals surface area contributed by atoms with Crippen LogP contribution in [0.15, 0.2) is 143 Å². The number of hydrogen-bond donors (Lipinski definition) is 1. The summed E-state index contributed by atoms with van der Waals surface area (Å²) in [4.78, 5) is 18.0. The van der Waals surface area contributed by atoms with Gasteiger partial charge in [-0.1, -0.05) is 61.0 Å². The molecule has 0 aromatic heterocycles. The van der Waals surface area contributed by atoms with Gasteiger partial charge in [-0.3, -0.25) is 4.79 Å². The van der Waals surface area contributed by atoms with Gasteiger partial charge in [-0.15, -0.1) is 0 Å². The zero-order valence-corrected chi connectivity index (χ0v) is 46.0. The molecule has 0 spiro atoms. The van der Waals surface area contributed by atoms with E-state index in [2.05, 4.69) is 65.5 Å². The number of amides is 1. The first-order valence-electron chi connectivity index (χ1n) is 25.4. The lowest BCUT2D eigenvalue weighted by atomic mass is 9.77. The minimum atomic E-state index is -3.74. The largest absolute Gasteiger partial charge is 0.497 e. The number of nitriles is 1. The molecule has 0 bridgehead atoms. The first-order chi connectivity index (χ1) is 35.6. The number of rotatable bonds is 28. The van der Waals surface area contributed by atoms with Crippen LogP contribution in [-0.2, 0) is 34.2 Å². The van der Waals surface area contributed by atoms with E-state index in [0.29, 0.717) is 69.6 Å². The van der Waals surface area contributed by atoms with Crippen molar-refractivity contribution in [2.45, 2.75) is 95.2 Å². The molecule has 74 heavy (non-hydrogen) atoms. The Hall–Kier alpha value is -5.76. The van der Waals surface area contributed by atoms with E-state index >= 15 is 0 Å². The fraction of sp³-hybridized carbons (Fsp3) is 0.439. The number of anilines is 1. The number of piperidine rings is 1. The van der Waals surface area contributed by atoms with Crippen LogP contribution in [0.25, 0.3) is 0 Å². The lowest BCUT2D eigenvalue weighted by Gasteiger charge is -2.45. The Morgan fingerprint density at radius 1 is 0.743 bits per heavy atom. The molecule has 5 aromatic carbocycles. The molecule has 1 aliphatic rings. The Balaban J connectivity index is 1.13. The normalized spacial score (nSPS) is 14.4. The van der Waals surface area contributed by atoms with Gasteiger partial charge in [0.2, 0.25) is 15.9 Å². The Morgan fingerprint density at radius 3 is 1.80 bits per heavy atom. The number of carbonyl (C=O) groups excluding carboxylic acids is 1. The van der Waals surface area contributed by atoms with Gasteiger partial charge in [-0.05, 0) is 143 Å². The van der Waals surface area contributed by atoms with Crippen molar-refractivity contribution < 1.29 is 36.5 Å². The summed E-state index contributed by atoms with van der Waals surface area (Å²) in [6.07, 6.45) is 3.70. The monoisotopic (exact) mass is 1050 g/mol. The summed E-state index contributed by atoms with van der Waals surface area (Å²) in [5.74, 6) is 1.51. The van der Waals surface area contributed by atoms with Crippen LogP contribution >= 0.6 is 8.53 Å². The number of methoxy groups -OCH3 is 2. The lowest BCUT2D eigenvalue weighted by molar-refractivity contribution is -0.136.